The molecule has 0 bridgehead atoms. The van der Waals surface area contributed by atoms with E-state index in [0.29, 0.717) is 11.5 Å². The Hall–Kier alpha value is -1.43. The van der Waals surface area contributed by atoms with Crippen LogP contribution in [0.15, 0.2) is 12.3 Å². The predicted octanol–water partition coefficient (Wildman–Crippen LogP) is 1.01. The minimum absolute atomic E-state index is 0.257. The summed E-state index contributed by atoms with van der Waals surface area (Å²) < 4.78 is 23.9. The van der Waals surface area contributed by atoms with Crippen molar-refractivity contribution < 1.29 is 13.9 Å². The summed E-state index contributed by atoms with van der Waals surface area (Å²) in [6.45, 7) is 1.54. The van der Waals surface area contributed by atoms with Crippen molar-refractivity contribution in [3.05, 3.63) is 17.8 Å². The normalized spacial score (nSPS) is 12.9. The van der Waals surface area contributed by atoms with E-state index in [9.17, 15) is 8.78 Å². The molecule has 1 atom stereocenters. The van der Waals surface area contributed by atoms with Gasteiger partial charge in [0.1, 0.15) is 11.9 Å². The highest BCUT2D eigenvalue weighted by Crippen LogP contribution is 2.13. The van der Waals surface area contributed by atoms with Crippen molar-refractivity contribution in [1.82, 2.24) is 4.98 Å². The van der Waals surface area contributed by atoms with Gasteiger partial charge in [-0.2, -0.15) is 0 Å². The second kappa shape index (κ2) is 4.88. The quantitative estimate of drug-likeness (QED) is 0.704. The topological polar surface area (TPSA) is 71.2 Å². The Morgan fingerprint density at radius 3 is 2.80 bits per heavy atom. The Bertz CT molecular complexity index is 333. The molecule has 0 fully saturated rings. The lowest BCUT2D eigenvalue weighted by atomic mass is 10.2. The summed E-state index contributed by atoms with van der Waals surface area (Å²) in [5, 5.41) is 11.4. The van der Waals surface area contributed by atoms with Crippen LogP contribution >= 0.6 is 0 Å². The number of aromatic nitrogens is 1. The zero-order valence-electron chi connectivity index (χ0n) is 8.24. The fourth-order valence-corrected chi connectivity index (χ4v) is 0.934. The van der Waals surface area contributed by atoms with E-state index >= 15 is 0 Å². The summed E-state index contributed by atoms with van der Waals surface area (Å²) in [4.78, 5) is 3.92. The first kappa shape index (κ1) is 11.6. The molecule has 4 nitrogen and oxygen atoms in total. The largest absolute Gasteiger partial charge is 0.398 e. The van der Waals surface area contributed by atoms with Crippen LogP contribution in [0.25, 0.3) is 0 Å². The molecule has 0 saturated carbocycles. The highest BCUT2D eigenvalue weighted by atomic mass is 19.3. The number of anilines is 2. The van der Waals surface area contributed by atoms with Crippen LogP contribution in [0, 0.1) is 6.92 Å². The Morgan fingerprint density at radius 2 is 2.27 bits per heavy atom. The highest BCUT2D eigenvalue weighted by Gasteiger charge is 2.16. The van der Waals surface area contributed by atoms with E-state index in [1.165, 1.54) is 12.3 Å². The standard InChI is InChI=1S/C9H13F2N3O/c1-5-3-13-8(2-6(5)12)14-4-7(15)9(10)11/h2-3,7,9,15H,4H2,1H3,(H3,12,13,14). The maximum absolute atomic E-state index is 11.9. The third kappa shape index (κ3) is 3.32. The molecule has 1 aromatic rings. The molecule has 0 saturated heterocycles. The van der Waals surface area contributed by atoms with E-state index in [0.717, 1.165) is 5.56 Å². The summed E-state index contributed by atoms with van der Waals surface area (Å²) in [7, 11) is 0. The van der Waals surface area contributed by atoms with Crippen molar-refractivity contribution >= 4 is 11.5 Å². The Labute approximate surface area is 86.1 Å². The molecule has 1 unspecified atom stereocenters. The van der Waals surface area contributed by atoms with Crippen molar-refractivity contribution in [3.63, 3.8) is 0 Å². The minimum atomic E-state index is -2.76. The average molecular weight is 217 g/mol. The molecule has 1 aromatic heterocycles. The number of halogens is 2. The fourth-order valence-electron chi connectivity index (χ4n) is 0.934. The van der Waals surface area contributed by atoms with Crippen molar-refractivity contribution in [2.24, 2.45) is 0 Å². The second-order valence-corrected chi connectivity index (χ2v) is 3.21. The molecule has 0 radical (unpaired) electrons. The molecule has 0 aliphatic rings. The number of nitrogen functional groups attached to an aromatic ring is 1. The summed E-state index contributed by atoms with van der Waals surface area (Å²) in [6, 6.07) is 1.54. The molecule has 0 amide bonds. The van der Waals surface area contributed by atoms with Crippen LogP contribution in [0.1, 0.15) is 5.56 Å². The summed E-state index contributed by atoms with van der Waals surface area (Å²) in [5.41, 5.74) is 6.94. The molecule has 84 valence electrons. The maximum atomic E-state index is 11.9. The van der Waals surface area contributed by atoms with Crippen LogP contribution in [0.5, 0.6) is 0 Å². The zero-order valence-corrected chi connectivity index (χ0v) is 8.24. The summed E-state index contributed by atoms with van der Waals surface area (Å²) in [5.74, 6) is 0.373. The van der Waals surface area contributed by atoms with E-state index in [1.807, 2.05) is 0 Å². The van der Waals surface area contributed by atoms with Crippen molar-refractivity contribution in [2.75, 3.05) is 17.6 Å². The number of nitrogens with two attached hydrogens (primary N) is 1. The van der Waals surface area contributed by atoms with Gasteiger partial charge in [0.15, 0.2) is 0 Å². The molecular weight excluding hydrogens is 204 g/mol. The van der Waals surface area contributed by atoms with Crippen LogP contribution in [0.3, 0.4) is 0 Å². The first-order valence-corrected chi connectivity index (χ1v) is 4.43. The molecule has 1 rings (SSSR count). The van der Waals surface area contributed by atoms with Crippen LogP contribution in [0.2, 0.25) is 0 Å². The molecule has 1 heterocycles. The molecule has 15 heavy (non-hydrogen) atoms. The van der Waals surface area contributed by atoms with E-state index in [1.54, 1.807) is 6.92 Å². The average Bonchev–Trinajstić information content (AvgIpc) is 2.19. The van der Waals surface area contributed by atoms with Gasteiger partial charge in [-0.15, -0.1) is 0 Å². The number of rotatable bonds is 4. The number of pyridine rings is 1. The number of hydrogen-bond donors (Lipinski definition) is 3. The number of aliphatic hydroxyl groups excluding tert-OH is 1. The lowest BCUT2D eigenvalue weighted by molar-refractivity contribution is 0.00381. The third-order valence-electron chi connectivity index (χ3n) is 1.93. The number of hydrogen-bond acceptors (Lipinski definition) is 4. The van der Waals surface area contributed by atoms with E-state index in [4.69, 9.17) is 10.8 Å². The second-order valence-electron chi connectivity index (χ2n) is 3.21. The third-order valence-corrected chi connectivity index (χ3v) is 1.93. The van der Waals surface area contributed by atoms with Crippen molar-refractivity contribution in [3.8, 4) is 0 Å². The predicted molar refractivity (Wildman–Crippen MR) is 53.9 cm³/mol. The van der Waals surface area contributed by atoms with Gasteiger partial charge in [-0.05, 0) is 12.5 Å². The van der Waals surface area contributed by atoms with Crippen LogP contribution in [-0.4, -0.2) is 29.2 Å². The van der Waals surface area contributed by atoms with Crippen LogP contribution < -0.4 is 11.1 Å². The van der Waals surface area contributed by atoms with Crippen LogP contribution in [-0.2, 0) is 0 Å². The molecule has 6 heteroatoms. The van der Waals surface area contributed by atoms with Gasteiger partial charge in [0, 0.05) is 24.5 Å². The van der Waals surface area contributed by atoms with Crippen LogP contribution in [0.4, 0.5) is 20.3 Å². The molecular formula is C9H13F2N3O. The number of aryl methyl sites for hydroxylation is 1. The summed E-state index contributed by atoms with van der Waals surface area (Å²) >= 11 is 0. The number of nitrogens with zero attached hydrogens (tertiary/aromatic N) is 1. The monoisotopic (exact) mass is 217 g/mol. The Kier molecular flexibility index (Phi) is 3.79. The first-order chi connectivity index (χ1) is 7.00. The van der Waals surface area contributed by atoms with Crippen molar-refractivity contribution in [2.45, 2.75) is 19.5 Å². The smallest absolute Gasteiger partial charge is 0.265 e. The molecule has 4 N–H and O–H groups in total. The van der Waals surface area contributed by atoms with Crippen molar-refractivity contribution in [1.29, 1.82) is 0 Å². The maximum Gasteiger partial charge on any atom is 0.265 e. The number of aliphatic hydroxyl groups is 1. The molecule has 0 aromatic carbocycles. The van der Waals surface area contributed by atoms with Gasteiger partial charge in [0.25, 0.3) is 6.43 Å². The van der Waals surface area contributed by atoms with E-state index in [2.05, 4.69) is 10.3 Å². The number of nitrogens with one attached hydrogen (secondary N) is 1. The highest BCUT2D eigenvalue weighted by molar-refractivity contribution is 5.53. The van der Waals surface area contributed by atoms with Gasteiger partial charge in [-0.25, -0.2) is 13.8 Å². The minimum Gasteiger partial charge on any atom is -0.398 e. The summed E-state index contributed by atoms with van der Waals surface area (Å²) in [6.07, 6.45) is -2.93. The molecule has 0 aliphatic heterocycles. The van der Waals surface area contributed by atoms with Gasteiger partial charge in [0.05, 0.1) is 0 Å². The lowest BCUT2D eigenvalue weighted by Crippen LogP contribution is -2.27. The zero-order chi connectivity index (χ0) is 11.4. The van der Waals surface area contributed by atoms with Gasteiger partial charge < -0.3 is 16.2 Å². The van der Waals surface area contributed by atoms with Gasteiger partial charge in [0.2, 0.25) is 0 Å². The first-order valence-electron chi connectivity index (χ1n) is 4.43. The lowest BCUT2D eigenvalue weighted by Gasteiger charge is -2.11. The Balaban J connectivity index is 2.55. The SMILES string of the molecule is Cc1cnc(NCC(O)C(F)F)cc1N. The molecule has 0 spiro atoms. The fraction of sp³-hybridized carbons (Fsp3) is 0.444. The van der Waals surface area contributed by atoms with Gasteiger partial charge in [-0.3, -0.25) is 0 Å². The molecule has 0 aliphatic carbocycles. The Morgan fingerprint density at radius 1 is 1.60 bits per heavy atom. The van der Waals surface area contributed by atoms with Gasteiger partial charge in [-0.1, -0.05) is 0 Å². The van der Waals surface area contributed by atoms with Gasteiger partial charge >= 0.3 is 0 Å². The van der Waals surface area contributed by atoms with E-state index in [-0.39, 0.29) is 6.54 Å². The number of alkyl halides is 2. The van der Waals surface area contributed by atoms with E-state index < -0.39 is 12.5 Å².